The maximum atomic E-state index is 12.6. The average Bonchev–Trinajstić information content (AvgIpc) is 3.55. The van der Waals surface area contributed by atoms with E-state index in [9.17, 15) is 4.79 Å². The summed E-state index contributed by atoms with van der Waals surface area (Å²) >= 11 is 0. The van der Waals surface area contributed by atoms with Crippen LogP contribution in [0, 0.1) is 5.92 Å². The van der Waals surface area contributed by atoms with Crippen LogP contribution in [0.4, 0.5) is 0 Å². The van der Waals surface area contributed by atoms with E-state index in [1.807, 2.05) is 36.4 Å². The Morgan fingerprint density at radius 2 is 1.85 bits per heavy atom. The van der Waals surface area contributed by atoms with E-state index in [4.69, 9.17) is 14.2 Å². The van der Waals surface area contributed by atoms with Crippen molar-refractivity contribution in [1.29, 1.82) is 0 Å². The standard InChI is InChI=1S/C22H25NO4/c1-25-18-7-2-15(3-8-18)14-23-22(24)13-19(16-4-5-16)17-6-9-20-21(12-17)27-11-10-26-20/h2-3,6-9,12,16,19H,4-5,10-11,13-14H2,1H3,(H,23,24). The minimum Gasteiger partial charge on any atom is -0.497 e. The molecule has 142 valence electrons. The molecule has 0 spiro atoms. The molecule has 1 aliphatic heterocycles. The van der Waals surface area contributed by atoms with Gasteiger partial charge in [0.25, 0.3) is 0 Å². The van der Waals surface area contributed by atoms with Crippen molar-refractivity contribution in [1.82, 2.24) is 5.32 Å². The summed E-state index contributed by atoms with van der Waals surface area (Å²) in [5.41, 5.74) is 2.23. The fraction of sp³-hybridized carbons (Fsp3) is 0.409. The highest BCUT2D eigenvalue weighted by molar-refractivity contribution is 5.77. The minimum atomic E-state index is 0.0811. The number of rotatable bonds is 7. The normalized spacial score (nSPS) is 16.5. The molecule has 1 saturated carbocycles. The predicted molar refractivity (Wildman–Crippen MR) is 102 cm³/mol. The van der Waals surface area contributed by atoms with Gasteiger partial charge in [0.15, 0.2) is 11.5 Å². The molecule has 2 aromatic carbocycles. The third-order valence-corrected chi connectivity index (χ3v) is 5.24. The molecule has 1 fully saturated rings. The van der Waals surface area contributed by atoms with Crippen molar-refractivity contribution in [3.8, 4) is 17.2 Å². The molecular weight excluding hydrogens is 342 g/mol. The maximum absolute atomic E-state index is 12.6. The smallest absolute Gasteiger partial charge is 0.220 e. The molecular formula is C22H25NO4. The van der Waals surface area contributed by atoms with Gasteiger partial charge in [-0.1, -0.05) is 18.2 Å². The van der Waals surface area contributed by atoms with E-state index in [1.165, 1.54) is 18.4 Å². The fourth-order valence-corrected chi connectivity index (χ4v) is 3.56. The van der Waals surface area contributed by atoms with E-state index in [-0.39, 0.29) is 11.8 Å². The van der Waals surface area contributed by atoms with Gasteiger partial charge in [-0.25, -0.2) is 0 Å². The Kier molecular flexibility index (Phi) is 5.19. The second-order valence-corrected chi connectivity index (χ2v) is 7.18. The van der Waals surface area contributed by atoms with Gasteiger partial charge in [0.1, 0.15) is 19.0 Å². The Morgan fingerprint density at radius 3 is 2.56 bits per heavy atom. The van der Waals surface area contributed by atoms with Crippen LogP contribution in [-0.4, -0.2) is 26.2 Å². The summed E-state index contributed by atoms with van der Waals surface area (Å²) in [6, 6.07) is 13.8. The molecule has 1 amide bonds. The van der Waals surface area contributed by atoms with E-state index >= 15 is 0 Å². The van der Waals surface area contributed by atoms with Crippen molar-refractivity contribution in [2.24, 2.45) is 5.92 Å². The average molecular weight is 367 g/mol. The van der Waals surface area contributed by atoms with E-state index in [1.54, 1.807) is 7.11 Å². The van der Waals surface area contributed by atoms with Crippen molar-refractivity contribution in [2.75, 3.05) is 20.3 Å². The molecule has 0 bridgehead atoms. The van der Waals surface area contributed by atoms with Gasteiger partial charge < -0.3 is 19.5 Å². The van der Waals surface area contributed by atoms with Crippen molar-refractivity contribution in [2.45, 2.75) is 31.7 Å². The van der Waals surface area contributed by atoms with Crippen LogP contribution < -0.4 is 19.5 Å². The van der Waals surface area contributed by atoms with Gasteiger partial charge in [0.2, 0.25) is 5.91 Å². The SMILES string of the molecule is COc1ccc(CNC(=O)CC(c2ccc3c(c2)OCCO3)C2CC2)cc1. The number of methoxy groups -OCH3 is 1. The number of carbonyl (C=O) groups excluding carboxylic acids is 1. The van der Waals surface area contributed by atoms with Crippen LogP contribution in [0.25, 0.3) is 0 Å². The fourth-order valence-electron chi connectivity index (χ4n) is 3.56. The second-order valence-electron chi connectivity index (χ2n) is 7.18. The van der Waals surface area contributed by atoms with Crippen LogP contribution in [0.3, 0.4) is 0 Å². The number of ether oxygens (including phenoxy) is 3. The van der Waals surface area contributed by atoms with Gasteiger partial charge in [0, 0.05) is 13.0 Å². The summed E-state index contributed by atoms with van der Waals surface area (Å²) in [6.07, 6.45) is 2.87. The monoisotopic (exact) mass is 367 g/mol. The first kappa shape index (κ1) is 17.7. The number of fused-ring (bicyclic) bond motifs is 1. The summed E-state index contributed by atoms with van der Waals surface area (Å²) in [5, 5.41) is 3.05. The Balaban J connectivity index is 1.38. The van der Waals surface area contributed by atoms with Crippen molar-refractivity contribution in [3.05, 3.63) is 53.6 Å². The second kappa shape index (κ2) is 7.91. The van der Waals surface area contributed by atoms with Gasteiger partial charge in [0.05, 0.1) is 7.11 Å². The number of hydrogen-bond donors (Lipinski definition) is 1. The number of carbonyl (C=O) groups is 1. The highest BCUT2D eigenvalue weighted by Crippen LogP contribution is 2.46. The molecule has 1 aliphatic carbocycles. The summed E-state index contributed by atoms with van der Waals surface area (Å²) < 4.78 is 16.5. The third-order valence-electron chi connectivity index (χ3n) is 5.24. The molecule has 1 atom stereocenters. The zero-order chi connectivity index (χ0) is 18.6. The molecule has 5 nitrogen and oxygen atoms in total. The van der Waals surface area contributed by atoms with Crippen molar-refractivity contribution < 1.29 is 19.0 Å². The van der Waals surface area contributed by atoms with E-state index in [0.29, 0.717) is 32.1 Å². The lowest BCUT2D eigenvalue weighted by Gasteiger charge is -2.22. The Morgan fingerprint density at radius 1 is 1.11 bits per heavy atom. The molecule has 0 radical (unpaired) electrons. The largest absolute Gasteiger partial charge is 0.497 e. The quantitative estimate of drug-likeness (QED) is 0.811. The predicted octanol–water partition coefficient (Wildman–Crippen LogP) is 3.67. The molecule has 2 aromatic rings. The molecule has 1 heterocycles. The van der Waals surface area contributed by atoms with Crippen LogP contribution in [-0.2, 0) is 11.3 Å². The lowest BCUT2D eigenvalue weighted by atomic mass is 9.90. The first-order valence-electron chi connectivity index (χ1n) is 9.52. The first-order chi connectivity index (χ1) is 13.2. The number of hydrogen-bond acceptors (Lipinski definition) is 4. The molecule has 0 aromatic heterocycles. The summed E-state index contributed by atoms with van der Waals surface area (Å²) in [4.78, 5) is 12.6. The van der Waals surface area contributed by atoms with Gasteiger partial charge >= 0.3 is 0 Å². The van der Waals surface area contributed by atoms with Crippen LogP contribution in [0.15, 0.2) is 42.5 Å². The third kappa shape index (κ3) is 4.35. The molecule has 27 heavy (non-hydrogen) atoms. The van der Waals surface area contributed by atoms with Gasteiger partial charge in [-0.15, -0.1) is 0 Å². The Hall–Kier alpha value is -2.69. The molecule has 0 saturated heterocycles. The first-order valence-corrected chi connectivity index (χ1v) is 9.52. The zero-order valence-electron chi connectivity index (χ0n) is 15.6. The molecule has 5 heteroatoms. The molecule has 1 unspecified atom stereocenters. The zero-order valence-corrected chi connectivity index (χ0v) is 15.6. The number of amides is 1. The highest BCUT2D eigenvalue weighted by Gasteiger charge is 2.34. The lowest BCUT2D eigenvalue weighted by Crippen LogP contribution is -2.25. The van der Waals surface area contributed by atoms with Gasteiger partial charge in [-0.05, 0) is 60.1 Å². The van der Waals surface area contributed by atoms with Gasteiger partial charge in [-0.2, -0.15) is 0 Å². The van der Waals surface area contributed by atoms with Crippen LogP contribution in [0.2, 0.25) is 0 Å². The van der Waals surface area contributed by atoms with E-state index in [0.717, 1.165) is 22.8 Å². The molecule has 2 aliphatic rings. The lowest BCUT2D eigenvalue weighted by molar-refractivity contribution is -0.121. The van der Waals surface area contributed by atoms with Crippen LogP contribution in [0.1, 0.15) is 36.3 Å². The van der Waals surface area contributed by atoms with E-state index < -0.39 is 0 Å². The van der Waals surface area contributed by atoms with Crippen molar-refractivity contribution >= 4 is 5.91 Å². The highest BCUT2D eigenvalue weighted by atomic mass is 16.6. The van der Waals surface area contributed by atoms with Crippen LogP contribution in [0.5, 0.6) is 17.2 Å². The molecule has 1 N–H and O–H groups in total. The Bertz CT molecular complexity index is 798. The summed E-state index contributed by atoms with van der Waals surface area (Å²) in [6.45, 7) is 1.69. The number of benzene rings is 2. The van der Waals surface area contributed by atoms with Crippen LogP contribution >= 0.6 is 0 Å². The maximum Gasteiger partial charge on any atom is 0.220 e. The van der Waals surface area contributed by atoms with E-state index in [2.05, 4.69) is 11.4 Å². The van der Waals surface area contributed by atoms with Crippen molar-refractivity contribution in [3.63, 3.8) is 0 Å². The minimum absolute atomic E-state index is 0.0811. The summed E-state index contributed by atoms with van der Waals surface area (Å²) in [5.74, 6) is 3.30. The van der Waals surface area contributed by atoms with Gasteiger partial charge in [-0.3, -0.25) is 4.79 Å². The Labute approximate surface area is 159 Å². The summed E-state index contributed by atoms with van der Waals surface area (Å²) in [7, 11) is 1.65. The topological polar surface area (TPSA) is 56.8 Å². The number of nitrogens with one attached hydrogen (secondary N) is 1. The molecule has 4 rings (SSSR count).